The van der Waals surface area contributed by atoms with Crippen molar-refractivity contribution in [2.45, 2.75) is 18.9 Å². The van der Waals surface area contributed by atoms with Crippen molar-refractivity contribution in [3.8, 4) is 0 Å². The molecular formula is C12H15N5O2S. The van der Waals surface area contributed by atoms with E-state index >= 15 is 0 Å². The quantitative estimate of drug-likeness (QED) is 0.882. The van der Waals surface area contributed by atoms with Crippen LogP contribution in [-0.2, 0) is 4.74 Å². The van der Waals surface area contributed by atoms with Gasteiger partial charge in [-0.05, 0) is 24.4 Å². The minimum absolute atomic E-state index is 0.0173. The molecule has 0 unspecified atom stereocenters. The summed E-state index contributed by atoms with van der Waals surface area (Å²) < 4.78 is 9.51. The number of carbonyl (C=O) groups excluding carboxylic acids is 1. The van der Waals surface area contributed by atoms with Crippen molar-refractivity contribution in [1.29, 1.82) is 0 Å². The summed E-state index contributed by atoms with van der Waals surface area (Å²) in [7, 11) is 0. The zero-order chi connectivity index (χ0) is 13.8. The molecule has 1 aliphatic heterocycles. The highest BCUT2D eigenvalue weighted by atomic mass is 32.1. The molecule has 0 saturated carbocycles. The van der Waals surface area contributed by atoms with E-state index in [0.29, 0.717) is 12.2 Å². The average molecular weight is 293 g/mol. The first-order chi connectivity index (χ1) is 9.84. The van der Waals surface area contributed by atoms with Crippen LogP contribution in [-0.4, -0.2) is 38.8 Å². The maximum absolute atomic E-state index is 11.9. The molecule has 0 radical (unpaired) electrons. The van der Waals surface area contributed by atoms with Crippen molar-refractivity contribution < 1.29 is 9.53 Å². The van der Waals surface area contributed by atoms with Crippen molar-refractivity contribution in [3.63, 3.8) is 0 Å². The summed E-state index contributed by atoms with van der Waals surface area (Å²) in [4.78, 5) is 11.9. The highest BCUT2D eigenvalue weighted by molar-refractivity contribution is 7.03. The van der Waals surface area contributed by atoms with E-state index in [1.165, 1.54) is 11.5 Å². The lowest BCUT2D eigenvalue weighted by molar-refractivity contribution is -0.0272. The number of H-pyrrole nitrogens is 1. The van der Waals surface area contributed by atoms with Crippen LogP contribution in [0.15, 0.2) is 17.8 Å². The molecule has 2 N–H and O–H groups in total. The van der Waals surface area contributed by atoms with Crippen molar-refractivity contribution in [2.75, 3.05) is 13.2 Å². The number of amides is 1. The predicted octanol–water partition coefficient (Wildman–Crippen LogP) is 1.16. The van der Waals surface area contributed by atoms with Gasteiger partial charge in [0.1, 0.15) is 0 Å². The number of hydrogen-bond donors (Lipinski definition) is 2. The van der Waals surface area contributed by atoms with Crippen LogP contribution >= 0.6 is 11.5 Å². The van der Waals surface area contributed by atoms with Gasteiger partial charge in [-0.3, -0.25) is 9.89 Å². The largest absolute Gasteiger partial charge is 0.373 e. The number of nitrogens with one attached hydrogen (secondary N) is 2. The fourth-order valence-corrected chi connectivity index (χ4v) is 2.85. The van der Waals surface area contributed by atoms with Crippen LogP contribution in [0.25, 0.3) is 0 Å². The van der Waals surface area contributed by atoms with Crippen LogP contribution in [0.2, 0.25) is 0 Å². The maximum Gasteiger partial charge on any atom is 0.272 e. The van der Waals surface area contributed by atoms with E-state index in [1.54, 1.807) is 11.6 Å². The van der Waals surface area contributed by atoms with Gasteiger partial charge in [-0.25, -0.2) is 0 Å². The van der Waals surface area contributed by atoms with Crippen LogP contribution in [0.3, 0.4) is 0 Å². The van der Waals surface area contributed by atoms with Crippen LogP contribution in [0.5, 0.6) is 0 Å². The summed E-state index contributed by atoms with van der Waals surface area (Å²) in [5.74, 6) is 0.0622. The Kier molecular flexibility index (Phi) is 4.03. The first-order valence-electron chi connectivity index (χ1n) is 6.50. The van der Waals surface area contributed by atoms with E-state index in [4.69, 9.17) is 4.74 Å². The summed E-state index contributed by atoms with van der Waals surface area (Å²) in [5, 5.41) is 15.1. The number of nitrogens with zero attached hydrogens (tertiary/aromatic N) is 3. The maximum atomic E-state index is 11.9. The van der Waals surface area contributed by atoms with Crippen molar-refractivity contribution in [1.82, 2.24) is 25.1 Å². The van der Waals surface area contributed by atoms with E-state index in [-0.39, 0.29) is 17.9 Å². The Morgan fingerprint density at radius 2 is 2.55 bits per heavy atom. The number of aromatic nitrogens is 4. The third-order valence-corrected chi connectivity index (χ3v) is 3.91. The van der Waals surface area contributed by atoms with Crippen LogP contribution in [0.1, 0.15) is 35.0 Å². The van der Waals surface area contributed by atoms with Crippen LogP contribution in [0.4, 0.5) is 0 Å². The van der Waals surface area contributed by atoms with E-state index in [2.05, 4.69) is 25.1 Å². The van der Waals surface area contributed by atoms with Gasteiger partial charge in [-0.2, -0.15) is 5.10 Å². The summed E-state index contributed by atoms with van der Waals surface area (Å²) in [6.07, 6.45) is 5.62. The number of rotatable bonds is 4. The van der Waals surface area contributed by atoms with Gasteiger partial charge in [-0.1, -0.05) is 4.49 Å². The average Bonchev–Trinajstić information content (AvgIpc) is 3.17. The Balaban J connectivity index is 1.61. The molecule has 106 valence electrons. The molecule has 20 heavy (non-hydrogen) atoms. The minimum Gasteiger partial charge on any atom is -0.373 e. The topological polar surface area (TPSA) is 92.8 Å². The molecule has 0 aliphatic carbocycles. The second kappa shape index (κ2) is 6.10. The molecule has 7 nitrogen and oxygen atoms in total. The highest BCUT2D eigenvalue weighted by Crippen LogP contribution is 2.32. The van der Waals surface area contributed by atoms with Crippen LogP contribution < -0.4 is 5.32 Å². The molecule has 3 heterocycles. The molecule has 0 bridgehead atoms. The summed E-state index contributed by atoms with van der Waals surface area (Å²) in [5.41, 5.74) is 1.39. The second-order valence-corrected chi connectivity index (χ2v) is 5.34. The fourth-order valence-electron chi connectivity index (χ4n) is 2.42. The number of ether oxygens (including phenoxy) is 1. The normalized spacial score (nSPS) is 22.6. The van der Waals surface area contributed by atoms with Gasteiger partial charge in [0.05, 0.1) is 12.3 Å². The molecular weight excluding hydrogens is 278 g/mol. The van der Waals surface area contributed by atoms with Gasteiger partial charge in [0.25, 0.3) is 5.91 Å². The van der Waals surface area contributed by atoms with Gasteiger partial charge in [0.15, 0.2) is 5.69 Å². The number of aromatic amines is 1. The molecule has 2 aromatic rings. The molecule has 2 aromatic heterocycles. The molecule has 1 fully saturated rings. The van der Waals surface area contributed by atoms with E-state index < -0.39 is 0 Å². The lowest BCUT2D eigenvalue weighted by atomic mass is 9.91. The Bertz CT molecular complexity index is 542. The van der Waals surface area contributed by atoms with Gasteiger partial charge in [0, 0.05) is 36.2 Å². The SMILES string of the molecule is O=C(NC[C@@H]1CCCO[C@H]1c1cn[nH]c1)c1csnn1. The minimum atomic E-state index is -0.185. The van der Waals surface area contributed by atoms with E-state index in [0.717, 1.165) is 25.0 Å². The monoisotopic (exact) mass is 293 g/mol. The van der Waals surface area contributed by atoms with Gasteiger partial charge < -0.3 is 10.1 Å². The van der Waals surface area contributed by atoms with Crippen molar-refractivity contribution in [2.24, 2.45) is 5.92 Å². The zero-order valence-corrected chi connectivity index (χ0v) is 11.6. The molecule has 0 aromatic carbocycles. The Hall–Kier alpha value is -1.80. The van der Waals surface area contributed by atoms with Crippen molar-refractivity contribution >= 4 is 17.4 Å². The van der Waals surface area contributed by atoms with Gasteiger partial charge in [0.2, 0.25) is 0 Å². The number of carbonyl (C=O) groups is 1. The Morgan fingerprint density at radius 3 is 3.30 bits per heavy atom. The Labute approximate surface area is 119 Å². The molecule has 1 saturated heterocycles. The first kappa shape index (κ1) is 13.2. The molecule has 2 atom stereocenters. The Morgan fingerprint density at radius 1 is 1.60 bits per heavy atom. The predicted molar refractivity (Wildman–Crippen MR) is 72.2 cm³/mol. The zero-order valence-electron chi connectivity index (χ0n) is 10.8. The molecule has 0 spiro atoms. The smallest absolute Gasteiger partial charge is 0.272 e. The third kappa shape index (κ3) is 2.86. The first-order valence-corrected chi connectivity index (χ1v) is 7.34. The third-order valence-electron chi connectivity index (χ3n) is 3.41. The lowest BCUT2D eigenvalue weighted by Gasteiger charge is -2.31. The van der Waals surface area contributed by atoms with Gasteiger partial charge in [-0.15, -0.1) is 5.10 Å². The van der Waals surface area contributed by atoms with E-state index in [1.807, 2.05) is 6.20 Å². The fraction of sp³-hybridized carbons (Fsp3) is 0.500. The summed E-state index contributed by atoms with van der Waals surface area (Å²) in [6, 6.07) is 0. The van der Waals surface area contributed by atoms with Crippen LogP contribution in [0, 0.1) is 5.92 Å². The summed E-state index contributed by atoms with van der Waals surface area (Å²) >= 11 is 1.17. The second-order valence-electron chi connectivity index (χ2n) is 4.73. The van der Waals surface area contributed by atoms with Crippen molar-refractivity contribution in [3.05, 3.63) is 29.0 Å². The highest BCUT2D eigenvalue weighted by Gasteiger charge is 2.28. The lowest BCUT2D eigenvalue weighted by Crippen LogP contribution is -2.35. The number of hydrogen-bond acceptors (Lipinski definition) is 6. The molecule has 1 amide bonds. The molecule has 3 rings (SSSR count). The molecule has 1 aliphatic rings. The summed E-state index contributed by atoms with van der Waals surface area (Å²) in [6.45, 7) is 1.31. The molecule has 8 heteroatoms. The standard InChI is InChI=1S/C12H15N5O2S/c18-12(10-7-20-17-16-10)13-4-8-2-1-3-19-11(8)9-5-14-15-6-9/h5-8,11H,1-4H2,(H,13,18)(H,14,15)/t8-,11+/m0/s1. The van der Waals surface area contributed by atoms with Gasteiger partial charge >= 0.3 is 0 Å². The van der Waals surface area contributed by atoms with E-state index in [9.17, 15) is 4.79 Å².